The summed E-state index contributed by atoms with van der Waals surface area (Å²) >= 11 is 0. The minimum Gasteiger partial charge on any atom is -0.374 e. The van der Waals surface area contributed by atoms with Crippen molar-refractivity contribution in [3.05, 3.63) is 0 Å². The van der Waals surface area contributed by atoms with Crippen molar-refractivity contribution in [3.63, 3.8) is 0 Å². The van der Waals surface area contributed by atoms with Gasteiger partial charge < -0.3 is 22.8 Å². The van der Waals surface area contributed by atoms with E-state index in [1.807, 2.05) is 13.8 Å². The van der Waals surface area contributed by atoms with E-state index in [1.165, 1.54) is 0 Å². The topological polar surface area (TPSA) is 46.2 Å². The van der Waals surface area contributed by atoms with E-state index < -0.39 is 8.80 Å². The second-order valence-corrected chi connectivity index (χ2v) is 6.47. The molecule has 1 heterocycles. The van der Waals surface area contributed by atoms with Gasteiger partial charge in [0, 0.05) is 19.3 Å². The third kappa shape index (κ3) is 5.03. The minimum absolute atomic E-state index is 0.347. The van der Waals surface area contributed by atoms with Crippen LogP contribution >= 0.6 is 0 Å². The van der Waals surface area contributed by atoms with E-state index in [0.717, 1.165) is 12.5 Å². The third-order valence-corrected chi connectivity index (χ3v) is 5.57. The summed E-state index contributed by atoms with van der Waals surface area (Å²) in [5.41, 5.74) is 0. The average Bonchev–Trinajstić information content (AvgIpc) is 2.31. The highest BCUT2D eigenvalue weighted by Crippen LogP contribution is 2.21. The molecule has 0 amide bonds. The van der Waals surface area contributed by atoms with Crippen LogP contribution in [-0.4, -0.2) is 48.1 Å². The average molecular weight is 264 g/mol. The molecule has 0 aromatic rings. The molecular formula is C11H24O5Si. The Morgan fingerprint density at radius 2 is 1.82 bits per heavy atom. The molecule has 1 rings (SSSR count). The Labute approximate surface area is 105 Å². The molecular weight excluding hydrogens is 240 g/mol. The predicted octanol–water partition coefficient (Wildman–Crippen LogP) is 1.80. The lowest BCUT2D eigenvalue weighted by atomic mass is 10.6. The fourth-order valence-electron chi connectivity index (χ4n) is 1.79. The molecule has 0 saturated carbocycles. The Morgan fingerprint density at radius 3 is 2.29 bits per heavy atom. The van der Waals surface area contributed by atoms with Gasteiger partial charge in [0.15, 0.2) is 6.29 Å². The van der Waals surface area contributed by atoms with Gasteiger partial charge in [0.25, 0.3) is 0 Å². The van der Waals surface area contributed by atoms with Crippen molar-refractivity contribution in [3.8, 4) is 0 Å². The van der Waals surface area contributed by atoms with E-state index in [9.17, 15) is 0 Å². The molecule has 0 bridgehead atoms. The van der Waals surface area contributed by atoms with Gasteiger partial charge in [-0.15, -0.1) is 0 Å². The molecule has 0 N–H and O–H groups in total. The maximum Gasteiger partial charge on any atom is 0.502 e. The fraction of sp³-hybridized carbons (Fsp3) is 1.00. The van der Waals surface area contributed by atoms with Gasteiger partial charge in [0.1, 0.15) is 0 Å². The SMILES string of the molecule is CCC[Si](OCC)(OCC)OC1COCCO1. The van der Waals surface area contributed by atoms with Crippen molar-refractivity contribution in [1.29, 1.82) is 0 Å². The summed E-state index contributed by atoms with van der Waals surface area (Å²) in [6, 6.07) is 0.814. The number of hydrogen-bond donors (Lipinski definition) is 0. The van der Waals surface area contributed by atoms with Crippen LogP contribution in [0.5, 0.6) is 0 Å². The zero-order chi connectivity index (χ0) is 12.6. The van der Waals surface area contributed by atoms with Crippen molar-refractivity contribution in [2.24, 2.45) is 0 Å². The molecule has 0 spiro atoms. The third-order valence-electron chi connectivity index (χ3n) is 2.38. The molecule has 0 aromatic heterocycles. The van der Waals surface area contributed by atoms with Gasteiger partial charge in [-0.2, -0.15) is 0 Å². The van der Waals surface area contributed by atoms with E-state index >= 15 is 0 Å². The molecule has 0 aromatic carbocycles. The van der Waals surface area contributed by atoms with Gasteiger partial charge in [-0.3, -0.25) is 0 Å². The largest absolute Gasteiger partial charge is 0.502 e. The minimum atomic E-state index is -2.59. The Kier molecular flexibility index (Phi) is 7.25. The lowest BCUT2D eigenvalue weighted by Crippen LogP contribution is -2.51. The lowest BCUT2D eigenvalue weighted by Gasteiger charge is -2.33. The van der Waals surface area contributed by atoms with E-state index in [2.05, 4.69) is 6.92 Å². The first kappa shape index (κ1) is 15.1. The fourth-order valence-corrected chi connectivity index (χ4v) is 4.45. The van der Waals surface area contributed by atoms with Crippen LogP contribution in [0.1, 0.15) is 27.2 Å². The normalized spacial score (nSPS) is 21.7. The molecule has 17 heavy (non-hydrogen) atoms. The summed E-state index contributed by atoms with van der Waals surface area (Å²) < 4.78 is 28.3. The van der Waals surface area contributed by atoms with Crippen LogP contribution < -0.4 is 0 Å². The summed E-state index contributed by atoms with van der Waals surface area (Å²) in [4.78, 5) is 0. The summed E-state index contributed by atoms with van der Waals surface area (Å²) in [7, 11) is -2.59. The van der Waals surface area contributed by atoms with Crippen LogP contribution in [-0.2, 0) is 22.8 Å². The quantitative estimate of drug-likeness (QED) is 0.626. The monoisotopic (exact) mass is 264 g/mol. The van der Waals surface area contributed by atoms with Crippen LogP contribution in [0, 0.1) is 0 Å². The smallest absolute Gasteiger partial charge is 0.374 e. The Hall–Kier alpha value is 0.0169. The molecule has 1 unspecified atom stereocenters. The number of ether oxygens (including phenoxy) is 2. The lowest BCUT2D eigenvalue weighted by molar-refractivity contribution is -0.192. The van der Waals surface area contributed by atoms with Crippen molar-refractivity contribution in [1.82, 2.24) is 0 Å². The molecule has 1 saturated heterocycles. The molecule has 5 nitrogen and oxygen atoms in total. The highest BCUT2D eigenvalue weighted by molar-refractivity contribution is 6.60. The van der Waals surface area contributed by atoms with Gasteiger partial charge in [-0.25, -0.2) is 0 Å². The molecule has 1 aliphatic heterocycles. The van der Waals surface area contributed by atoms with Crippen LogP contribution in [0.25, 0.3) is 0 Å². The van der Waals surface area contributed by atoms with Crippen LogP contribution in [0.2, 0.25) is 6.04 Å². The molecule has 1 atom stereocenters. The number of hydrogen-bond acceptors (Lipinski definition) is 5. The van der Waals surface area contributed by atoms with Gasteiger partial charge >= 0.3 is 8.80 Å². The molecule has 0 radical (unpaired) electrons. The Bertz CT molecular complexity index is 179. The first-order valence-corrected chi connectivity index (χ1v) is 8.34. The highest BCUT2D eigenvalue weighted by atomic mass is 28.4. The van der Waals surface area contributed by atoms with E-state index in [-0.39, 0.29) is 6.29 Å². The van der Waals surface area contributed by atoms with Gasteiger partial charge in [0.05, 0.1) is 19.8 Å². The van der Waals surface area contributed by atoms with E-state index in [0.29, 0.717) is 33.0 Å². The molecule has 1 fully saturated rings. The summed E-state index contributed by atoms with van der Waals surface area (Å²) in [5, 5.41) is 0. The highest BCUT2D eigenvalue weighted by Gasteiger charge is 2.42. The van der Waals surface area contributed by atoms with Crippen molar-refractivity contribution in [2.75, 3.05) is 33.0 Å². The van der Waals surface area contributed by atoms with E-state index in [1.54, 1.807) is 0 Å². The van der Waals surface area contributed by atoms with Crippen molar-refractivity contribution >= 4 is 8.80 Å². The van der Waals surface area contributed by atoms with Gasteiger partial charge in [0.2, 0.25) is 0 Å². The summed E-state index contributed by atoms with van der Waals surface area (Å²) in [6.07, 6.45) is 0.625. The van der Waals surface area contributed by atoms with Crippen molar-refractivity contribution in [2.45, 2.75) is 39.5 Å². The Morgan fingerprint density at radius 1 is 1.12 bits per heavy atom. The second kappa shape index (κ2) is 8.18. The zero-order valence-electron chi connectivity index (χ0n) is 11.1. The maximum atomic E-state index is 5.95. The van der Waals surface area contributed by atoms with Gasteiger partial charge in [-0.05, 0) is 13.8 Å². The first-order valence-electron chi connectivity index (χ1n) is 6.41. The van der Waals surface area contributed by atoms with Crippen LogP contribution in [0.4, 0.5) is 0 Å². The zero-order valence-corrected chi connectivity index (χ0v) is 12.1. The summed E-state index contributed by atoms with van der Waals surface area (Å²) in [5.74, 6) is 0. The van der Waals surface area contributed by atoms with Crippen molar-refractivity contribution < 1.29 is 22.8 Å². The van der Waals surface area contributed by atoms with Crippen LogP contribution in [0.3, 0.4) is 0 Å². The molecule has 102 valence electrons. The second-order valence-electron chi connectivity index (χ2n) is 3.79. The molecule has 0 aliphatic carbocycles. The number of rotatable bonds is 8. The molecule has 6 heteroatoms. The predicted molar refractivity (Wildman–Crippen MR) is 65.7 cm³/mol. The van der Waals surface area contributed by atoms with Gasteiger partial charge in [-0.1, -0.05) is 13.3 Å². The van der Waals surface area contributed by atoms with Crippen LogP contribution in [0.15, 0.2) is 0 Å². The molecule has 1 aliphatic rings. The Balaban J connectivity index is 2.57. The maximum absolute atomic E-state index is 5.95. The first-order chi connectivity index (χ1) is 8.26. The van der Waals surface area contributed by atoms with E-state index in [4.69, 9.17) is 22.8 Å². The standard InChI is InChI=1S/C11H24O5Si/c1-4-9-17(14-5-2,15-6-3)16-11-10-12-7-8-13-11/h11H,4-10H2,1-3H3. The summed E-state index contributed by atoms with van der Waals surface area (Å²) in [6.45, 7) is 8.86.